The molecule has 1 saturated carbocycles. The summed E-state index contributed by atoms with van der Waals surface area (Å²) in [6.07, 6.45) is 10.1. The number of rotatable bonds is 10. The van der Waals surface area contributed by atoms with Gasteiger partial charge in [-0.05, 0) is 105 Å². The van der Waals surface area contributed by atoms with Gasteiger partial charge >= 0.3 is 5.97 Å². The number of nitrogens with one attached hydrogen (secondary N) is 1. The number of nitrogens with zero attached hydrogens (tertiary/aromatic N) is 2. The molecule has 210 valence electrons. The van der Waals surface area contributed by atoms with Crippen LogP contribution in [-0.4, -0.2) is 59.9 Å². The molecule has 4 aliphatic rings. The smallest absolute Gasteiger partial charge is 0.325 e. The molecule has 3 atom stereocenters. The number of benzene rings is 1. The Balaban J connectivity index is 1.02. The third kappa shape index (κ3) is 6.13. The molecular formula is C31H40FN3O4. The van der Waals surface area contributed by atoms with Gasteiger partial charge in [0.1, 0.15) is 17.7 Å². The number of carboxylic acids is 1. The van der Waals surface area contributed by atoms with Crippen molar-refractivity contribution in [1.29, 1.82) is 0 Å². The molecule has 2 aromatic rings. The number of anilines is 1. The summed E-state index contributed by atoms with van der Waals surface area (Å²) in [5.41, 5.74) is 4.10. The molecule has 6 rings (SSSR count). The van der Waals surface area contributed by atoms with Gasteiger partial charge in [-0.25, -0.2) is 9.37 Å². The second-order valence-electron chi connectivity index (χ2n) is 11.9. The van der Waals surface area contributed by atoms with Gasteiger partial charge in [0.25, 0.3) is 0 Å². The van der Waals surface area contributed by atoms with Crippen molar-refractivity contribution < 1.29 is 23.8 Å². The van der Waals surface area contributed by atoms with E-state index < -0.39 is 17.8 Å². The average Bonchev–Trinajstić information content (AvgIpc) is 3.53. The van der Waals surface area contributed by atoms with Crippen LogP contribution in [0.4, 0.5) is 10.2 Å². The molecule has 0 radical (unpaired) electrons. The fraction of sp³-hybridized carbons (Fsp3) is 0.613. The zero-order chi connectivity index (χ0) is 26.8. The van der Waals surface area contributed by atoms with Crippen LogP contribution in [0.3, 0.4) is 0 Å². The highest BCUT2D eigenvalue weighted by Gasteiger charge is 2.46. The summed E-state index contributed by atoms with van der Waals surface area (Å²) in [5, 5.41) is 13.6. The van der Waals surface area contributed by atoms with Gasteiger partial charge in [0, 0.05) is 31.9 Å². The van der Waals surface area contributed by atoms with E-state index in [9.17, 15) is 14.3 Å². The van der Waals surface area contributed by atoms with Crippen LogP contribution in [0.25, 0.3) is 0 Å². The normalized spacial score (nSPS) is 24.7. The van der Waals surface area contributed by atoms with Crippen molar-refractivity contribution in [3.8, 4) is 0 Å². The first kappa shape index (κ1) is 26.7. The Morgan fingerprint density at radius 1 is 1.23 bits per heavy atom. The number of fused-ring (bicyclic) bond motifs is 1. The van der Waals surface area contributed by atoms with Gasteiger partial charge in [-0.2, -0.15) is 0 Å². The first-order valence-corrected chi connectivity index (χ1v) is 14.7. The summed E-state index contributed by atoms with van der Waals surface area (Å²) in [6.45, 7) is 3.49. The number of aromatic nitrogens is 1. The van der Waals surface area contributed by atoms with Crippen LogP contribution >= 0.6 is 0 Å². The maximum Gasteiger partial charge on any atom is 0.325 e. The number of aryl methyl sites for hydroxylation is 2. The quantitative estimate of drug-likeness (QED) is 0.390. The molecule has 2 N–H and O–H groups in total. The van der Waals surface area contributed by atoms with E-state index in [2.05, 4.69) is 17.4 Å². The molecule has 1 spiro atoms. The second kappa shape index (κ2) is 11.5. The van der Waals surface area contributed by atoms with Crippen LogP contribution in [0.15, 0.2) is 30.3 Å². The molecule has 1 aromatic carbocycles. The number of unbranched alkanes of at least 4 members (excludes halogenated alkanes) is 1. The van der Waals surface area contributed by atoms with Crippen molar-refractivity contribution >= 4 is 11.8 Å². The molecule has 1 unspecified atom stereocenters. The number of likely N-dealkylation sites (tertiary alicyclic amines) is 1. The molecule has 1 aliphatic carbocycles. The number of hydrogen-bond acceptors (Lipinski definition) is 6. The summed E-state index contributed by atoms with van der Waals surface area (Å²) in [4.78, 5) is 19.2. The number of halogens is 1. The van der Waals surface area contributed by atoms with Crippen LogP contribution in [0.1, 0.15) is 85.9 Å². The zero-order valence-corrected chi connectivity index (χ0v) is 22.7. The lowest BCUT2D eigenvalue weighted by Crippen LogP contribution is -2.35. The van der Waals surface area contributed by atoms with Gasteiger partial charge in [-0.3, -0.25) is 9.69 Å². The van der Waals surface area contributed by atoms with Crippen molar-refractivity contribution in [2.45, 2.75) is 82.5 Å². The highest BCUT2D eigenvalue weighted by Crippen LogP contribution is 2.55. The molecule has 8 heteroatoms. The monoisotopic (exact) mass is 537 g/mol. The van der Waals surface area contributed by atoms with E-state index in [0.29, 0.717) is 37.3 Å². The van der Waals surface area contributed by atoms with Gasteiger partial charge in [-0.1, -0.05) is 12.1 Å². The lowest BCUT2D eigenvalue weighted by atomic mass is 9.88. The standard InChI is InChI=1S/C31H40FN3O4/c32-22-7-9-25(27-10-12-31(13-14-31)20-39-27)26(18-22)28(30(36)37)35-16-11-24(19-35)38-17-2-1-5-23-8-6-21-4-3-15-33-29(21)34-23/h6-9,18,24,27-28H,1-5,10-17,19-20H2,(H,33,34)(H,36,37)/t24-,27+,28?/m1/s1. The number of carboxylic acid groups (broad SMARTS) is 1. The minimum Gasteiger partial charge on any atom is -0.480 e. The Morgan fingerprint density at radius 2 is 2.13 bits per heavy atom. The summed E-state index contributed by atoms with van der Waals surface area (Å²) < 4.78 is 26.8. The van der Waals surface area contributed by atoms with Crippen molar-refractivity contribution in [3.05, 3.63) is 58.5 Å². The third-order valence-corrected chi connectivity index (χ3v) is 9.08. The minimum atomic E-state index is -0.955. The summed E-state index contributed by atoms with van der Waals surface area (Å²) in [5.74, 6) is -0.327. The second-order valence-corrected chi connectivity index (χ2v) is 11.9. The van der Waals surface area contributed by atoms with E-state index in [-0.39, 0.29) is 12.2 Å². The van der Waals surface area contributed by atoms with Crippen molar-refractivity contribution in [1.82, 2.24) is 9.88 Å². The number of carbonyl (C=O) groups is 1. The molecule has 0 bridgehead atoms. The van der Waals surface area contributed by atoms with Gasteiger partial charge < -0.3 is 19.9 Å². The molecule has 2 saturated heterocycles. The SMILES string of the molecule is O=C(O)C(c1cc(F)ccc1[C@@H]1CCC2(CC2)CO1)N1CC[C@@H](OCCCCc2ccc3c(n2)NCCC3)C1. The molecule has 3 aliphatic heterocycles. The molecular weight excluding hydrogens is 497 g/mol. The van der Waals surface area contributed by atoms with Crippen LogP contribution < -0.4 is 5.32 Å². The Morgan fingerprint density at radius 3 is 2.92 bits per heavy atom. The summed E-state index contributed by atoms with van der Waals surface area (Å²) in [6, 6.07) is 7.98. The highest BCUT2D eigenvalue weighted by molar-refractivity contribution is 5.76. The number of pyridine rings is 1. The third-order valence-electron chi connectivity index (χ3n) is 9.08. The maximum atomic E-state index is 14.4. The van der Waals surface area contributed by atoms with Gasteiger partial charge in [0.05, 0.1) is 18.8 Å². The predicted octanol–water partition coefficient (Wildman–Crippen LogP) is 5.45. The predicted molar refractivity (Wildman–Crippen MR) is 146 cm³/mol. The van der Waals surface area contributed by atoms with E-state index in [4.69, 9.17) is 14.5 Å². The Hall–Kier alpha value is -2.55. The first-order valence-electron chi connectivity index (χ1n) is 14.7. The lowest BCUT2D eigenvalue weighted by molar-refractivity contribution is -0.143. The maximum absolute atomic E-state index is 14.4. The fourth-order valence-electron chi connectivity index (χ4n) is 6.54. The largest absolute Gasteiger partial charge is 0.480 e. The first-order chi connectivity index (χ1) is 19.0. The molecule has 39 heavy (non-hydrogen) atoms. The van der Waals surface area contributed by atoms with Crippen LogP contribution in [0.5, 0.6) is 0 Å². The van der Waals surface area contributed by atoms with Crippen molar-refractivity contribution in [3.63, 3.8) is 0 Å². The van der Waals surface area contributed by atoms with E-state index in [0.717, 1.165) is 75.0 Å². The highest BCUT2D eigenvalue weighted by atomic mass is 19.1. The fourth-order valence-corrected chi connectivity index (χ4v) is 6.54. The van der Waals surface area contributed by atoms with Crippen molar-refractivity contribution in [2.75, 3.05) is 38.2 Å². The summed E-state index contributed by atoms with van der Waals surface area (Å²) in [7, 11) is 0. The zero-order valence-electron chi connectivity index (χ0n) is 22.7. The summed E-state index contributed by atoms with van der Waals surface area (Å²) >= 11 is 0. The van der Waals surface area contributed by atoms with Gasteiger partial charge in [-0.15, -0.1) is 0 Å². The Bertz CT molecular complexity index is 1180. The van der Waals surface area contributed by atoms with Gasteiger partial charge in [0.2, 0.25) is 0 Å². The molecule has 4 heterocycles. The Kier molecular flexibility index (Phi) is 7.87. The van der Waals surface area contributed by atoms with Crippen molar-refractivity contribution in [2.24, 2.45) is 5.41 Å². The molecule has 7 nitrogen and oxygen atoms in total. The molecule has 0 amide bonds. The number of aliphatic carboxylic acids is 1. The number of ether oxygens (including phenoxy) is 2. The van der Waals surface area contributed by atoms with E-state index in [1.165, 1.54) is 30.5 Å². The average molecular weight is 538 g/mol. The topological polar surface area (TPSA) is 83.9 Å². The van der Waals surface area contributed by atoms with Crippen LogP contribution in [0.2, 0.25) is 0 Å². The Labute approximate surface area is 230 Å². The van der Waals surface area contributed by atoms with E-state index >= 15 is 0 Å². The lowest BCUT2D eigenvalue weighted by Gasteiger charge is -2.33. The number of hydrogen-bond donors (Lipinski definition) is 2. The molecule has 3 fully saturated rings. The molecule has 1 aromatic heterocycles. The minimum absolute atomic E-state index is 0.0180. The van der Waals surface area contributed by atoms with E-state index in [1.807, 2.05) is 4.90 Å². The van der Waals surface area contributed by atoms with Crippen LogP contribution in [-0.2, 0) is 27.1 Å². The van der Waals surface area contributed by atoms with E-state index in [1.54, 1.807) is 6.07 Å². The van der Waals surface area contributed by atoms with Crippen LogP contribution in [0, 0.1) is 11.2 Å². The van der Waals surface area contributed by atoms with Gasteiger partial charge in [0.15, 0.2) is 0 Å².